The van der Waals surface area contributed by atoms with E-state index in [-0.39, 0.29) is 6.10 Å². The summed E-state index contributed by atoms with van der Waals surface area (Å²) < 4.78 is 0. The van der Waals surface area contributed by atoms with Gasteiger partial charge in [0.25, 0.3) is 0 Å². The van der Waals surface area contributed by atoms with E-state index in [1.807, 2.05) is 0 Å². The quantitative estimate of drug-likeness (QED) is 0.439. The van der Waals surface area contributed by atoms with Gasteiger partial charge in [0.2, 0.25) is 0 Å². The molecule has 0 aliphatic heterocycles. The zero-order valence-corrected chi connectivity index (χ0v) is 21.6. The molecule has 9 atom stereocenters. The molecule has 0 aromatic rings. The normalized spacial score (nSPS) is 44.9. The van der Waals surface area contributed by atoms with Gasteiger partial charge < -0.3 is 5.11 Å². The maximum absolute atomic E-state index is 10.3. The predicted molar refractivity (Wildman–Crippen MR) is 133 cm³/mol. The molecule has 1 N–H and O–H groups in total. The second kappa shape index (κ2) is 8.66. The van der Waals surface area contributed by atoms with Crippen molar-refractivity contribution in [3.05, 3.63) is 23.3 Å². The molecule has 1 nitrogen and oxygen atoms in total. The van der Waals surface area contributed by atoms with Crippen molar-refractivity contribution in [2.24, 2.45) is 52.3 Å². The molecule has 3 fully saturated rings. The molecule has 0 bridgehead atoms. The Bertz CT molecular complexity index is 716. The fourth-order valence-corrected chi connectivity index (χ4v) is 9.13. The van der Waals surface area contributed by atoms with Crippen LogP contribution in [0.4, 0.5) is 0 Å². The van der Waals surface area contributed by atoms with Crippen molar-refractivity contribution in [1.82, 2.24) is 0 Å². The summed E-state index contributed by atoms with van der Waals surface area (Å²) in [5, 5.41) is 10.3. The van der Waals surface area contributed by atoms with E-state index in [0.29, 0.717) is 16.7 Å². The third kappa shape index (κ3) is 3.89. The van der Waals surface area contributed by atoms with E-state index in [4.69, 9.17) is 0 Å². The van der Waals surface area contributed by atoms with E-state index < -0.39 is 0 Å². The average Bonchev–Trinajstić information content (AvgIpc) is 3.09. The van der Waals surface area contributed by atoms with Crippen LogP contribution in [0.1, 0.15) is 106 Å². The molecule has 4 aliphatic rings. The summed E-state index contributed by atoms with van der Waals surface area (Å²) in [6.45, 7) is 17.3. The Morgan fingerprint density at radius 1 is 1.06 bits per heavy atom. The number of aliphatic hydroxyl groups is 1. The Morgan fingerprint density at radius 2 is 1.81 bits per heavy atom. The maximum Gasteiger partial charge on any atom is 0.0577 e. The molecule has 0 heterocycles. The van der Waals surface area contributed by atoms with Gasteiger partial charge in [0.1, 0.15) is 0 Å². The second-order valence-electron chi connectivity index (χ2n) is 13.0. The fraction of sp³-hybridized carbons (Fsp3) is 0.867. The van der Waals surface area contributed by atoms with Gasteiger partial charge in [-0.3, -0.25) is 0 Å². The summed E-state index contributed by atoms with van der Waals surface area (Å²) in [5.74, 6) is 5.79. The van der Waals surface area contributed by atoms with Gasteiger partial charge in [-0.15, -0.1) is 0 Å². The Morgan fingerprint density at radius 3 is 2.48 bits per heavy atom. The highest BCUT2D eigenvalue weighted by molar-refractivity contribution is 5.25. The number of hydrogen-bond acceptors (Lipinski definition) is 1. The topological polar surface area (TPSA) is 20.2 Å². The molecular weight excluding hydrogens is 376 g/mol. The van der Waals surface area contributed by atoms with Gasteiger partial charge in [-0.05, 0) is 117 Å². The highest BCUT2D eigenvalue weighted by atomic mass is 16.3. The zero-order chi connectivity index (χ0) is 22.6. The standard InChI is InChI=1S/C30H50O/c1-8-22(21(5)19(2)3)17-20(4)26-11-12-27-25-10-9-23-18-24(31)13-15-29(23,6)28(25)14-16-30(26,27)7/h8-9,19-21,24-28,31H,10-18H2,1-7H3. The molecule has 0 aromatic heterocycles. The van der Waals surface area contributed by atoms with Crippen LogP contribution in [0.3, 0.4) is 0 Å². The van der Waals surface area contributed by atoms with Gasteiger partial charge in [-0.2, -0.15) is 0 Å². The molecule has 9 unspecified atom stereocenters. The lowest BCUT2D eigenvalue weighted by molar-refractivity contribution is -0.0567. The molecule has 4 rings (SSSR count). The first kappa shape index (κ1) is 23.6. The molecule has 1 heteroatoms. The zero-order valence-electron chi connectivity index (χ0n) is 21.6. The molecule has 0 amide bonds. The first-order valence-corrected chi connectivity index (χ1v) is 13.6. The van der Waals surface area contributed by atoms with Gasteiger partial charge in [-0.1, -0.05) is 64.8 Å². The van der Waals surface area contributed by atoms with Gasteiger partial charge in [0.15, 0.2) is 0 Å². The average molecular weight is 427 g/mol. The van der Waals surface area contributed by atoms with E-state index in [1.165, 1.54) is 44.9 Å². The molecule has 0 radical (unpaired) electrons. The van der Waals surface area contributed by atoms with Crippen LogP contribution < -0.4 is 0 Å². The van der Waals surface area contributed by atoms with Crippen LogP contribution in [0, 0.1) is 52.3 Å². The molecule has 3 saturated carbocycles. The van der Waals surface area contributed by atoms with Crippen molar-refractivity contribution in [2.75, 3.05) is 0 Å². The maximum atomic E-state index is 10.3. The third-order valence-corrected chi connectivity index (χ3v) is 11.4. The highest BCUT2D eigenvalue weighted by Gasteiger charge is 2.59. The summed E-state index contributed by atoms with van der Waals surface area (Å²) in [4.78, 5) is 0. The van der Waals surface area contributed by atoms with Gasteiger partial charge in [0.05, 0.1) is 6.10 Å². The van der Waals surface area contributed by atoms with Crippen LogP contribution in [-0.4, -0.2) is 11.2 Å². The largest absolute Gasteiger partial charge is 0.393 e. The van der Waals surface area contributed by atoms with E-state index >= 15 is 0 Å². The smallest absolute Gasteiger partial charge is 0.0577 e. The summed E-state index contributed by atoms with van der Waals surface area (Å²) in [5.41, 5.74) is 4.22. The summed E-state index contributed by atoms with van der Waals surface area (Å²) in [6, 6.07) is 0. The summed E-state index contributed by atoms with van der Waals surface area (Å²) in [7, 11) is 0. The highest BCUT2D eigenvalue weighted by Crippen LogP contribution is 2.67. The molecule has 0 aromatic carbocycles. The molecule has 0 spiro atoms. The van der Waals surface area contributed by atoms with Crippen molar-refractivity contribution >= 4 is 0 Å². The van der Waals surface area contributed by atoms with Crippen molar-refractivity contribution in [2.45, 2.75) is 112 Å². The van der Waals surface area contributed by atoms with Crippen LogP contribution >= 0.6 is 0 Å². The van der Waals surface area contributed by atoms with Crippen molar-refractivity contribution in [3.8, 4) is 0 Å². The minimum atomic E-state index is -0.0875. The van der Waals surface area contributed by atoms with E-state index in [2.05, 4.69) is 60.6 Å². The van der Waals surface area contributed by atoms with Gasteiger partial charge >= 0.3 is 0 Å². The fourth-order valence-electron chi connectivity index (χ4n) is 9.13. The van der Waals surface area contributed by atoms with Crippen LogP contribution in [0.15, 0.2) is 23.3 Å². The van der Waals surface area contributed by atoms with Crippen LogP contribution in [0.2, 0.25) is 0 Å². The van der Waals surface area contributed by atoms with Crippen LogP contribution in [-0.2, 0) is 0 Å². The molecule has 0 saturated heterocycles. The lowest BCUT2D eigenvalue weighted by atomic mass is 9.47. The van der Waals surface area contributed by atoms with E-state index in [1.54, 1.807) is 11.1 Å². The number of allylic oxidation sites excluding steroid dienone is 3. The van der Waals surface area contributed by atoms with Crippen molar-refractivity contribution < 1.29 is 5.11 Å². The van der Waals surface area contributed by atoms with Crippen LogP contribution in [0.25, 0.3) is 0 Å². The molecule has 4 aliphatic carbocycles. The van der Waals surface area contributed by atoms with Crippen molar-refractivity contribution in [3.63, 3.8) is 0 Å². The molecule has 31 heavy (non-hydrogen) atoms. The number of rotatable bonds is 5. The third-order valence-electron chi connectivity index (χ3n) is 11.4. The molecular formula is C30H50O. The Kier molecular flexibility index (Phi) is 6.59. The monoisotopic (exact) mass is 426 g/mol. The predicted octanol–water partition coefficient (Wildman–Crippen LogP) is 8.19. The summed E-state index contributed by atoms with van der Waals surface area (Å²) >= 11 is 0. The van der Waals surface area contributed by atoms with Crippen LogP contribution in [0.5, 0.6) is 0 Å². The minimum absolute atomic E-state index is 0.0875. The van der Waals surface area contributed by atoms with Crippen molar-refractivity contribution in [1.29, 1.82) is 0 Å². The second-order valence-corrected chi connectivity index (χ2v) is 13.0. The number of aliphatic hydroxyl groups excluding tert-OH is 1. The Labute approximate surface area is 193 Å². The minimum Gasteiger partial charge on any atom is -0.393 e. The lowest BCUT2D eigenvalue weighted by Gasteiger charge is -2.58. The first-order chi connectivity index (χ1) is 14.6. The lowest BCUT2D eigenvalue weighted by Crippen LogP contribution is -2.50. The Balaban J connectivity index is 1.52. The molecule has 176 valence electrons. The van der Waals surface area contributed by atoms with Gasteiger partial charge in [-0.25, -0.2) is 0 Å². The van der Waals surface area contributed by atoms with E-state index in [0.717, 1.165) is 48.3 Å². The number of hydrogen-bond donors (Lipinski definition) is 1. The SMILES string of the molecule is CC=C(CC(C)C1CCC2C3CC=C4CC(O)CCC4(C)C3CCC12C)C(C)C(C)C. The number of fused-ring (bicyclic) bond motifs is 5. The summed E-state index contributed by atoms with van der Waals surface area (Å²) in [6.07, 6.45) is 16.5. The van der Waals surface area contributed by atoms with Gasteiger partial charge in [0, 0.05) is 0 Å². The Hall–Kier alpha value is -0.560. The van der Waals surface area contributed by atoms with E-state index in [9.17, 15) is 5.11 Å². The first-order valence-electron chi connectivity index (χ1n) is 13.6.